The van der Waals surface area contributed by atoms with Crippen molar-refractivity contribution < 1.29 is 33.8 Å². The van der Waals surface area contributed by atoms with E-state index < -0.39 is 24.1 Å². The number of ketones is 1. The Bertz CT molecular complexity index is 1070. The van der Waals surface area contributed by atoms with Crippen LogP contribution in [0.2, 0.25) is 0 Å². The van der Waals surface area contributed by atoms with Gasteiger partial charge in [-0.05, 0) is 42.4 Å². The van der Waals surface area contributed by atoms with E-state index >= 15 is 0 Å². The monoisotopic (exact) mass is 525 g/mol. The Kier molecular flexibility index (Phi) is 9.39. The molecule has 38 heavy (non-hydrogen) atoms. The number of hydrogen-bond donors (Lipinski definition) is 2. The van der Waals surface area contributed by atoms with Crippen LogP contribution in [0.5, 0.6) is 0 Å². The van der Waals surface area contributed by atoms with Gasteiger partial charge in [0, 0.05) is 24.7 Å². The van der Waals surface area contributed by atoms with Gasteiger partial charge in [-0.3, -0.25) is 24.7 Å². The summed E-state index contributed by atoms with van der Waals surface area (Å²) in [5.74, 6) is -2.27. The number of rotatable bonds is 10. The van der Waals surface area contributed by atoms with E-state index in [0.717, 1.165) is 11.1 Å². The maximum Gasteiger partial charge on any atom is 0.311 e. The summed E-state index contributed by atoms with van der Waals surface area (Å²) in [5, 5.41) is 10.4. The molecule has 0 saturated carbocycles. The smallest absolute Gasteiger partial charge is 0.311 e. The number of benzene rings is 1. The van der Waals surface area contributed by atoms with Gasteiger partial charge >= 0.3 is 11.9 Å². The Hall–Kier alpha value is -2.97. The molecule has 1 aromatic rings. The highest BCUT2D eigenvalue weighted by Crippen LogP contribution is 2.45. The highest BCUT2D eigenvalue weighted by molar-refractivity contribution is 5.94. The molecule has 7 unspecified atom stereocenters. The number of esters is 2. The van der Waals surface area contributed by atoms with Crippen molar-refractivity contribution >= 4 is 17.7 Å². The number of hydroxylamine groups is 1. The molecule has 8 heteroatoms. The fourth-order valence-corrected chi connectivity index (χ4v) is 5.65. The summed E-state index contributed by atoms with van der Waals surface area (Å²) in [6.45, 7) is 6.26. The normalized spacial score (nSPS) is 29.9. The van der Waals surface area contributed by atoms with Crippen molar-refractivity contribution in [2.45, 2.75) is 71.7 Å². The van der Waals surface area contributed by atoms with E-state index in [2.05, 4.69) is 5.48 Å². The van der Waals surface area contributed by atoms with Crippen molar-refractivity contribution in [1.82, 2.24) is 5.48 Å². The van der Waals surface area contributed by atoms with Crippen molar-refractivity contribution in [1.29, 1.82) is 0 Å². The molecule has 7 atom stereocenters. The summed E-state index contributed by atoms with van der Waals surface area (Å²) in [5.41, 5.74) is 5.50. The quantitative estimate of drug-likeness (QED) is 0.348. The number of aliphatic hydroxyl groups excluding tert-OH is 1. The van der Waals surface area contributed by atoms with Crippen molar-refractivity contribution in [3.05, 3.63) is 59.3 Å². The molecular weight excluding hydrogens is 486 g/mol. The van der Waals surface area contributed by atoms with Gasteiger partial charge in [-0.15, -0.1) is 0 Å². The van der Waals surface area contributed by atoms with Crippen LogP contribution in [-0.2, 0) is 35.3 Å². The van der Waals surface area contributed by atoms with E-state index in [1.54, 1.807) is 6.08 Å². The van der Waals surface area contributed by atoms with Gasteiger partial charge in [-0.2, -0.15) is 0 Å². The number of carbonyl (C=O) groups is 3. The molecule has 1 aliphatic heterocycles. The fourth-order valence-electron chi connectivity index (χ4n) is 5.65. The Balaban J connectivity index is 1.56. The van der Waals surface area contributed by atoms with Crippen LogP contribution < -0.4 is 5.48 Å². The SMILES string of the molecule is CCC(C)C(=O)OC1CC=C(NOCc2ccccc2)C2=CC(=O)C(C)C(CCC3C(=O)OCCC3O)C21. The van der Waals surface area contributed by atoms with Crippen LogP contribution in [0.25, 0.3) is 0 Å². The predicted octanol–water partition coefficient (Wildman–Crippen LogP) is 4.04. The third kappa shape index (κ3) is 6.35. The summed E-state index contributed by atoms with van der Waals surface area (Å²) >= 11 is 0. The molecule has 2 aliphatic carbocycles. The van der Waals surface area contributed by atoms with Crippen molar-refractivity contribution in [2.75, 3.05) is 6.61 Å². The molecular formula is C30H39NO7. The van der Waals surface area contributed by atoms with Crippen molar-refractivity contribution in [3.8, 4) is 0 Å². The number of carbonyl (C=O) groups excluding carboxylic acids is 3. The minimum atomic E-state index is -0.755. The Morgan fingerprint density at radius 3 is 2.68 bits per heavy atom. The average Bonchev–Trinajstić information content (AvgIpc) is 2.91. The van der Waals surface area contributed by atoms with Crippen LogP contribution in [0, 0.1) is 29.6 Å². The maximum absolute atomic E-state index is 13.1. The minimum Gasteiger partial charge on any atom is -0.465 e. The molecule has 0 aromatic heterocycles. The minimum absolute atomic E-state index is 0.0160. The van der Waals surface area contributed by atoms with Crippen LogP contribution in [0.1, 0.15) is 58.4 Å². The number of allylic oxidation sites excluding steroid dienone is 2. The first-order valence-corrected chi connectivity index (χ1v) is 13.7. The first-order valence-electron chi connectivity index (χ1n) is 13.7. The second-order valence-corrected chi connectivity index (χ2v) is 10.7. The summed E-state index contributed by atoms with van der Waals surface area (Å²) in [6.07, 6.45) is 4.85. The van der Waals surface area contributed by atoms with Crippen molar-refractivity contribution in [3.63, 3.8) is 0 Å². The van der Waals surface area contributed by atoms with Crippen LogP contribution in [0.15, 0.2) is 53.8 Å². The van der Waals surface area contributed by atoms with Gasteiger partial charge in [0.25, 0.3) is 0 Å². The molecule has 0 spiro atoms. The Labute approximate surface area is 224 Å². The van der Waals surface area contributed by atoms with E-state index in [9.17, 15) is 19.5 Å². The van der Waals surface area contributed by atoms with E-state index in [1.807, 2.05) is 57.2 Å². The van der Waals surface area contributed by atoms with Gasteiger partial charge in [-0.1, -0.05) is 57.2 Å². The Morgan fingerprint density at radius 2 is 1.97 bits per heavy atom. The lowest BCUT2D eigenvalue weighted by atomic mass is 9.64. The number of fused-ring (bicyclic) bond motifs is 1. The topological polar surface area (TPSA) is 111 Å². The Morgan fingerprint density at radius 1 is 1.21 bits per heavy atom. The second-order valence-electron chi connectivity index (χ2n) is 10.7. The molecule has 1 heterocycles. The van der Waals surface area contributed by atoms with Gasteiger partial charge < -0.3 is 14.6 Å². The lowest BCUT2D eigenvalue weighted by molar-refractivity contribution is -0.161. The van der Waals surface area contributed by atoms with Gasteiger partial charge in [0.15, 0.2) is 5.78 Å². The molecule has 1 aromatic carbocycles. The molecule has 0 radical (unpaired) electrons. The zero-order valence-electron chi connectivity index (χ0n) is 22.4. The lowest BCUT2D eigenvalue weighted by Gasteiger charge is -2.43. The van der Waals surface area contributed by atoms with Crippen LogP contribution >= 0.6 is 0 Å². The highest BCUT2D eigenvalue weighted by atomic mass is 16.6. The number of hydrogen-bond acceptors (Lipinski definition) is 8. The first-order chi connectivity index (χ1) is 18.3. The number of ether oxygens (including phenoxy) is 2. The van der Waals surface area contributed by atoms with E-state index in [0.29, 0.717) is 44.4 Å². The molecule has 0 bridgehead atoms. The molecule has 3 aliphatic rings. The molecule has 2 N–H and O–H groups in total. The number of cyclic esters (lactones) is 1. The summed E-state index contributed by atoms with van der Waals surface area (Å²) in [4.78, 5) is 44.1. The third-order valence-electron chi connectivity index (χ3n) is 8.26. The molecule has 8 nitrogen and oxygen atoms in total. The van der Waals surface area contributed by atoms with E-state index in [1.165, 1.54) is 0 Å². The van der Waals surface area contributed by atoms with Crippen LogP contribution in [0.3, 0.4) is 0 Å². The molecule has 0 amide bonds. The predicted molar refractivity (Wildman–Crippen MR) is 140 cm³/mol. The number of nitrogens with one attached hydrogen (secondary N) is 1. The maximum atomic E-state index is 13.1. The molecule has 1 fully saturated rings. The van der Waals surface area contributed by atoms with Crippen LogP contribution in [0.4, 0.5) is 0 Å². The van der Waals surface area contributed by atoms with Crippen LogP contribution in [-0.4, -0.2) is 41.6 Å². The highest BCUT2D eigenvalue weighted by Gasteiger charge is 2.46. The van der Waals surface area contributed by atoms with Gasteiger partial charge in [0.1, 0.15) is 6.10 Å². The fraction of sp³-hybridized carbons (Fsp3) is 0.567. The largest absolute Gasteiger partial charge is 0.465 e. The lowest BCUT2D eigenvalue weighted by Crippen LogP contribution is -2.45. The average molecular weight is 526 g/mol. The zero-order valence-corrected chi connectivity index (χ0v) is 22.4. The second kappa shape index (κ2) is 12.7. The third-order valence-corrected chi connectivity index (χ3v) is 8.26. The summed E-state index contributed by atoms with van der Waals surface area (Å²) < 4.78 is 11.2. The molecule has 1 saturated heterocycles. The van der Waals surface area contributed by atoms with E-state index in [4.69, 9.17) is 14.3 Å². The summed E-state index contributed by atoms with van der Waals surface area (Å²) in [6, 6.07) is 9.76. The summed E-state index contributed by atoms with van der Waals surface area (Å²) in [7, 11) is 0. The standard InChI is InChI=1S/C30H39NO7/c1-4-18(2)29(34)38-27-13-12-24(31-37-17-20-8-6-5-7-9-20)23-16-26(33)19(3)21(28(23)27)10-11-22-25(32)14-15-36-30(22)35/h5-9,12,16,18-19,21-22,25,27-28,31-32H,4,10-11,13-15,17H2,1-3H3. The van der Waals surface area contributed by atoms with Gasteiger partial charge in [-0.25, -0.2) is 0 Å². The zero-order chi connectivity index (χ0) is 27.2. The van der Waals surface area contributed by atoms with E-state index in [-0.39, 0.29) is 42.0 Å². The molecule has 4 rings (SSSR count). The van der Waals surface area contributed by atoms with Gasteiger partial charge in [0.05, 0.1) is 36.9 Å². The molecule has 206 valence electrons. The van der Waals surface area contributed by atoms with Crippen molar-refractivity contribution in [2.24, 2.45) is 29.6 Å². The van der Waals surface area contributed by atoms with Gasteiger partial charge in [0.2, 0.25) is 0 Å². The first kappa shape index (κ1) is 28.0. The number of aliphatic hydroxyl groups is 1.